The van der Waals surface area contributed by atoms with E-state index in [0.717, 1.165) is 74.1 Å². The molecule has 0 bridgehead atoms. The summed E-state index contributed by atoms with van der Waals surface area (Å²) in [6.45, 7) is 10.8. The number of pyridine rings is 1. The third-order valence-electron chi connectivity index (χ3n) is 13.6. The fourth-order valence-electron chi connectivity index (χ4n) is 10.2. The van der Waals surface area contributed by atoms with Crippen molar-refractivity contribution in [3.05, 3.63) is 107 Å². The van der Waals surface area contributed by atoms with Gasteiger partial charge in [-0.3, -0.25) is 18.9 Å². The van der Waals surface area contributed by atoms with Crippen molar-refractivity contribution in [3.8, 4) is 0 Å². The quantitative estimate of drug-likeness (QED) is 0.145. The van der Waals surface area contributed by atoms with Crippen molar-refractivity contribution in [1.29, 1.82) is 0 Å². The number of piperidine rings is 1. The number of rotatable bonds is 5. The van der Waals surface area contributed by atoms with Crippen LogP contribution in [0, 0.1) is 48.3 Å². The van der Waals surface area contributed by atoms with Crippen molar-refractivity contribution in [1.82, 2.24) is 9.88 Å². The molecular formula is C45H58N2O8S2. The van der Waals surface area contributed by atoms with E-state index >= 15 is 0 Å². The number of ether oxygens (including phenoxy) is 1. The van der Waals surface area contributed by atoms with Crippen LogP contribution in [0.15, 0.2) is 101 Å². The summed E-state index contributed by atoms with van der Waals surface area (Å²) in [6, 6.07) is 16.3. The van der Waals surface area contributed by atoms with Crippen LogP contribution in [0.2, 0.25) is 0 Å². The molecule has 308 valence electrons. The van der Waals surface area contributed by atoms with Crippen LogP contribution in [-0.4, -0.2) is 68.0 Å². The maximum absolute atomic E-state index is 12.9. The zero-order valence-electron chi connectivity index (χ0n) is 33.8. The van der Waals surface area contributed by atoms with Gasteiger partial charge >= 0.3 is 5.97 Å². The molecule has 0 spiro atoms. The van der Waals surface area contributed by atoms with Gasteiger partial charge in [-0.25, -0.2) is 0 Å². The molecule has 1 aliphatic heterocycles. The first-order valence-electron chi connectivity index (χ1n) is 20.2. The normalized spacial score (nSPS) is 28.8. The van der Waals surface area contributed by atoms with Gasteiger partial charge < -0.3 is 9.64 Å². The Morgan fingerprint density at radius 3 is 1.89 bits per heavy atom. The summed E-state index contributed by atoms with van der Waals surface area (Å²) < 4.78 is 65.2. The van der Waals surface area contributed by atoms with E-state index in [0.29, 0.717) is 0 Å². The number of nitrogens with zero attached hydrogens (tertiary/aromatic N) is 2. The van der Waals surface area contributed by atoms with Crippen molar-refractivity contribution in [2.24, 2.45) is 34.5 Å². The standard InChI is InChI=1S/C31H42N2O2.2C7H8O3S/c1-30-14-10-24(35-29(34)21-12-17-33(3)18-13-21)19-23(30)6-7-25-27-9-8-26(22-5-4-16-32-20-22)31(27,2)15-11-28(25)30;2*1-6-2-4-7(5-3-6)11(8,9)10/h4-6,8,16,20-21,24-25,27-28H,7,9-15,17-19H2,1-3H3;2*2-5H,1H3,(H,8,9,10)/t24-,25-,27-,28-,30-,31+;;/m0../s1. The van der Waals surface area contributed by atoms with Gasteiger partial charge in [0.25, 0.3) is 20.2 Å². The van der Waals surface area contributed by atoms with Crippen LogP contribution < -0.4 is 0 Å². The van der Waals surface area contributed by atoms with Gasteiger partial charge in [-0.15, -0.1) is 0 Å². The van der Waals surface area contributed by atoms with E-state index in [2.05, 4.69) is 61.3 Å². The number of allylic oxidation sites excluding steroid dienone is 3. The van der Waals surface area contributed by atoms with E-state index < -0.39 is 20.2 Å². The Bertz CT molecular complexity index is 2090. The lowest BCUT2D eigenvalue weighted by Crippen LogP contribution is -2.50. The first kappa shape index (κ1) is 42.9. The number of fused-ring (bicyclic) bond motifs is 5. The van der Waals surface area contributed by atoms with Gasteiger partial charge in [0.1, 0.15) is 6.10 Å². The molecule has 2 aromatic carbocycles. The summed E-state index contributed by atoms with van der Waals surface area (Å²) in [4.78, 5) is 19.5. The fourth-order valence-corrected chi connectivity index (χ4v) is 11.2. The lowest BCUT2D eigenvalue weighted by Gasteiger charge is -2.58. The molecular weight excluding hydrogens is 761 g/mol. The molecule has 5 aliphatic rings. The first-order valence-corrected chi connectivity index (χ1v) is 23.0. The van der Waals surface area contributed by atoms with Gasteiger partial charge in [-0.2, -0.15) is 16.8 Å². The van der Waals surface area contributed by atoms with Crippen molar-refractivity contribution in [2.45, 2.75) is 101 Å². The van der Waals surface area contributed by atoms with Crippen LogP contribution in [0.1, 0.15) is 88.3 Å². The predicted molar refractivity (Wildman–Crippen MR) is 221 cm³/mol. The first-order chi connectivity index (χ1) is 26.9. The summed E-state index contributed by atoms with van der Waals surface area (Å²) in [5.74, 6) is 2.41. The monoisotopic (exact) mass is 818 g/mol. The Balaban J connectivity index is 0.000000203. The predicted octanol–water partition coefficient (Wildman–Crippen LogP) is 8.77. The molecule has 0 radical (unpaired) electrons. The smallest absolute Gasteiger partial charge is 0.309 e. The molecule has 12 heteroatoms. The highest BCUT2D eigenvalue weighted by atomic mass is 32.2. The minimum atomic E-state index is -4.02. The summed E-state index contributed by atoms with van der Waals surface area (Å²) in [5.41, 5.74) is 6.91. The second-order valence-corrected chi connectivity index (χ2v) is 20.1. The van der Waals surface area contributed by atoms with E-state index in [1.54, 1.807) is 35.4 Å². The van der Waals surface area contributed by atoms with Crippen LogP contribution >= 0.6 is 0 Å². The van der Waals surface area contributed by atoms with Crippen molar-refractivity contribution >= 4 is 31.8 Å². The van der Waals surface area contributed by atoms with Crippen LogP contribution in [0.3, 0.4) is 0 Å². The Labute approximate surface area is 339 Å². The van der Waals surface area contributed by atoms with Crippen molar-refractivity contribution in [2.75, 3.05) is 20.1 Å². The highest BCUT2D eigenvalue weighted by Crippen LogP contribution is 2.66. The van der Waals surface area contributed by atoms with Gasteiger partial charge in [0.15, 0.2) is 0 Å². The molecule has 2 heterocycles. The number of carbonyl (C=O) groups is 1. The molecule has 1 aromatic heterocycles. The molecule has 10 nitrogen and oxygen atoms in total. The van der Waals surface area contributed by atoms with Gasteiger partial charge in [0, 0.05) is 18.8 Å². The van der Waals surface area contributed by atoms with E-state index in [1.807, 2.05) is 20.0 Å². The molecule has 6 atom stereocenters. The lowest BCUT2D eigenvalue weighted by atomic mass is 9.47. The molecule has 8 rings (SSSR count). The molecule has 3 aromatic rings. The number of hydrogen-bond acceptors (Lipinski definition) is 8. The van der Waals surface area contributed by atoms with E-state index in [-0.39, 0.29) is 38.6 Å². The minimum absolute atomic E-state index is 0.0642. The average Bonchev–Trinajstić information content (AvgIpc) is 3.53. The summed E-state index contributed by atoms with van der Waals surface area (Å²) in [5, 5.41) is 0. The maximum Gasteiger partial charge on any atom is 0.309 e. The second kappa shape index (κ2) is 17.3. The van der Waals surface area contributed by atoms with E-state index in [9.17, 15) is 21.6 Å². The molecule has 0 amide bonds. The number of aryl methyl sites for hydroxylation is 2. The molecule has 57 heavy (non-hydrogen) atoms. The van der Waals surface area contributed by atoms with Gasteiger partial charge in [-0.1, -0.05) is 73.0 Å². The zero-order valence-corrected chi connectivity index (χ0v) is 35.4. The number of benzene rings is 2. The molecule has 1 saturated heterocycles. The van der Waals surface area contributed by atoms with Crippen LogP contribution in [-0.2, 0) is 29.8 Å². The van der Waals surface area contributed by atoms with Crippen LogP contribution in [0.5, 0.6) is 0 Å². The number of likely N-dealkylation sites (tertiary alicyclic amines) is 1. The number of carbonyl (C=O) groups excluding carboxylic acids is 1. The third-order valence-corrected chi connectivity index (χ3v) is 15.3. The highest BCUT2D eigenvalue weighted by Gasteiger charge is 2.57. The van der Waals surface area contributed by atoms with Gasteiger partial charge in [-0.05, 0) is 155 Å². The van der Waals surface area contributed by atoms with Crippen LogP contribution in [0.25, 0.3) is 5.57 Å². The summed E-state index contributed by atoms with van der Waals surface area (Å²) >= 11 is 0. The van der Waals surface area contributed by atoms with Crippen LogP contribution in [0.4, 0.5) is 0 Å². The molecule has 0 unspecified atom stereocenters. The fraction of sp³-hybridized carbons (Fsp3) is 0.511. The van der Waals surface area contributed by atoms with Crippen molar-refractivity contribution in [3.63, 3.8) is 0 Å². The SMILES string of the molecule is CN1CCC(C(=O)O[C@H]2CC[C@@]3(C)C(=CC[C@@H]4[C@@H]3CC[C@]3(C)C(c5cccnc5)=CC[C@@H]43)C2)CC1.Cc1ccc(S(=O)(=O)O)cc1.Cc1ccc(S(=O)(=O)O)cc1. The van der Waals surface area contributed by atoms with Crippen molar-refractivity contribution < 1.29 is 35.5 Å². The van der Waals surface area contributed by atoms with E-state index in [1.165, 1.54) is 55.5 Å². The number of esters is 1. The molecule has 2 N–H and O–H groups in total. The third kappa shape index (κ3) is 9.79. The number of aromatic nitrogens is 1. The molecule has 3 fully saturated rings. The largest absolute Gasteiger partial charge is 0.462 e. The molecule has 4 aliphatic carbocycles. The average molecular weight is 819 g/mol. The Hall–Kier alpha value is -3.68. The van der Waals surface area contributed by atoms with Gasteiger partial charge in [0.2, 0.25) is 0 Å². The van der Waals surface area contributed by atoms with Gasteiger partial charge in [0.05, 0.1) is 15.7 Å². The lowest BCUT2D eigenvalue weighted by molar-refractivity contribution is -0.157. The summed E-state index contributed by atoms with van der Waals surface area (Å²) in [7, 11) is -5.90. The topological polar surface area (TPSA) is 151 Å². The number of hydrogen-bond donors (Lipinski definition) is 2. The molecule has 2 saturated carbocycles. The highest BCUT2D eigenvalue weighted by molar-refractivity contribution is 7.86. The Kier molecular flexibility index (Phi) is 13.0. The summed E-state index contributed by atoms with van der Waals surface area (Å²) in [6.07, 6.45) is 19.1. The Morgan fingerprint density at radius 2 is 1.35 bits per heavy atom. The minimum Gasteiger partial charge on any atom is -0.462 e. The van der Waals surface area contributed by atoms with E-state index in [4.69, 9.17) is 13.8 Å². The second-order valence-electron chi connectivity index (χ2n) is 17.3. The zero-order chi connectivity index (χ0) is 41.2. The Morgan fingerprint density at radius 1 is 0.772 bits per heavy atom. The maximum atomic E-state index is 12.9.